The molecule has 5 aliphatic rings. The van der Waals surface area contributed by atoms with Crippen molar-refractivity contribution in [2.75, 3.05) is 0 Å². The van der Waals surface area contributed by atoms with Gasteiger partial charge in [-0.15, -0.1) is 5.10 Å². The van der Waals surface area contributed by atoms with Gasteiger partial charge in [0.25, 0.3) is 0 Å². The highest BCUT2D eigenvalue weighted by molar-refractivity contribution is 5.90. The summed E-state index contributed by atoms with van der Waals surface area (Å²) in [6, 6.07) is 14.5. The van der Waals surface area contributed by atoms with E-state index in [1.54, 1.807) is 10.3 Å². The van der Waals surface area contributed by atoms with Gasteiger partial charge in [-0.05, 0) is 109 Å². The summed E-state index contributed by atoms with van der Waals surface area (Å²) >= 11 is 0. The van der Waals surface area contributed by atoms with Gasteiger partial charge in [0, 0.05) is 17.2 Å². The summed E-state index contributed by atoms with van der Waals surface area (Å²) in [6.07, 6.45) is 13.4. The van der Waals surface area contributed by atoms with Crippen molar-refractivity contribution in [1.82, 2.24) is 15.0 Å². The molecule has 1 heterocycles. The Morgan fingerprint density at radius 3 is 2.51 bits per heavy atom. The number of hydrogen-bond acceptors (Lipinski definition) is 5. The van der Waals surface area contributed by atoms with Gasteiger partial charge in [0.15, 0.2) is 0 Å². The molecule has 0 unspecified atom stereocenters. The summed E-state index contributed by atoms with van der Waals surface area (Å²) in [5.74, 6) is 2.52. The van der Waals surface area contributed by atoms with E-state index in [1.807, 2.05) is 30.5 Å². The second kappa shape index (κ2) is 11.1. The molecule has 260 valence electrons. The van der Waals surface area contributed by atoms with Crippen molar-refractivity contribution < 1.29 is 14.3 Å². The molecule has 0 N–H and O–H groups in total. The number of carbonyl (C=O) groups excluding carboxylic acids is 2. The van der Waals surface area contributed by atoms with E-state index in [0.717, 1.165) is 67.8 Å². The molecule has 2 aromatic carbocycles. The molecule has 8 rings (SSSR count). The van der Waals surface area contributed by atoms with Crippen LogP contribution in [0.15, 0.2) is 60.3 Å². The van der Waals surface area contributed by atoms with Crippen molar-refractivity contribution in [3.63, 3.8) is 0 Å². The molecular formula is C43H55N3O3. The number of nitrogens with zero attached hydrogens (tertiary/aromatic N) is 3. The summed E-state index contributed by atoms with van der Waals surface area (Å²) in [6.45, 7) is 17.1. The number of hydrogen-bond donors (Lipinski definition) is 0. The lowest BCUT2D eigenvalue weighted by molar-refractivity contribution is -0.193. The van der Waals surface area contributed by atoms with E-state index >= 15 is 0 Å². The molecule has 0 amide bonds. The zero-order valence-corrected chi connectivity index (χ0v) is 30.7. The second-order valence-corrected chi connectivity index (χ2v) is 18.2. The van der Waals surface area contributed by atoms with E-state index in [0.29, 0.717) is 41.6 Å². The van der Waals surface area contributed by atoms with Crippen LogP contribution in [0.4, 0.5) is 0 Å². The first-order valence-electron chi connectivity index (χ1n) is 19.1. The molecule has 5 aliphatic carbocycles. The standard InChI is InChI=1S/C43H55N3O3/c1-27-17-22-43(38(48)49-26-30-25-46(45-44-30)33-14-10-12-29-11-8-9-13-31(29)33)24-23-41(6)32(37(43)28(27)2)15-16-35-40(5)20-19-36(47)39(3,4)34(40)18-21-42(35,41)7/h8-15,25,27-28,34-35,37H,16-24,26H2,1-7H3/t27-,28+,34+,35-,37+,40+,41-,42-,43+/m1/s1. The first kappa shape index (κ1) is 32.9. The molecular weight excluding hydrogens is 606 g/mol. The first-order valence-corrected chi connectivity index (χ1v) is 19.1. The average Bonchev–Trinajstić information content (AvgIpc) is 3.56. The van der Waals surface area contributed by atoms with Crippen LogP contribution in [0.5, 0.6) is 0 Å². The maximum atomic E-state index is 14.6. The van der Waals surface area contributed by atoms with Crippen LogP contribution < -0.4 is 0 Å². The van der Waals surface area contributed by atoms with Gasteiger partial charge in [-0.2, -0.15) is 0 Å². The summed E-state index contributed by atoms with van der Waals surface area (Å²) in [5, 5.41) is 11.1. The van der Waals surface area contributed by atoms with Gasteiger partial charge in [-0.1, -0.05) is 102 Å². The van der Waals surface area contributed by atoms with Crippen molar-refractivity contribution in [2.24, 2.45) is 56.7 Å². The highest BCUT2D eigenvalue weighted by atomic mass is 16.5. The first-order chi connectivity index (χ1) is 23.3. The fourth-order valence-electron chi connectivity index (χ4n) is 12.8. The van der Waals surface area contributed by atoms with Gasteiger partial charge < -0.3 is 4.74 Å². The number of esters is 1. The Morgan fingerprint density at radius 1 is 0.918 bits per heavy atom. The molecule has 0 spiro atoms. The zero-order chi connectivity index (χ0) is 34.6. The van der Waals surface area contributed by atoms with Crippen LogP contribution >= 0.6 is 0 Å². The van der Waals surface area contributed by atoms with Gasteiger partial charge >= 0.3 is 5.97 Å². The molecule has 0 saturated heterocycles. The van der Waals surface area contributed by atoms with E-state index < -0.39 is 5.41 Å². The number of allylic oxidation sites excluding steroid dienone is 2. The zero-order valence-electron chi connectivity index (χ0n) is 30.7. The Bertz CT molecular complexity index is 1850. The number of fused-ring (bicyclic) bond motifs is 8. The third kappa shape index (κ3) is 4.50. The van der Waals surface area contributed by atoms with Crippen LogP contribution in [0.1, 0.15) is 112 Å². The minimum atomic E-state index is -0.507. The maximum Gasteiger partial charge on any atom is 0.313 e. The maximum absolute atomic E-state index is 14.6. The fraction of sp³-hybridized carbons (Fsp3) is 0.628. The van der Waals surface area contributed by atoms with Crippen LogP contribution in [0, 0.1) is 56.7 Å². The number of aromatic nitrogens is 3. The minimum Gasteiger partial charge on any atom is -0.459 e. The van der Waals surface area contributed by atoms with Gasteiger partial charge in [0.2, 0.25) is 0 Å². The van der Waals surface area contributed by atoms with Crippen molar-refractivity contribution in [3.8, 4) is 5.69 Å². The Morgan fingerprint density at radius 2 is 1.69 bits per heavy atom. The second-order valence-electron chi connectivity index (χ2n) is 18.2. The third-order valence-electron chi connectivity index (χ3n) is 16.0. The van der Waals surface area contributed by atoms with E-state index in [-0.39, 0.29) is 40.2 Å². The molecule has 0 radical (unpaired) electrons. The molecule has 4 saturated carbocycles. The van der Waals surface area contributed by atoms with Crippen molar-refractivity contribution in [3.05, 3.63) is 66.0 Å². The molecule has 49 heavy (non-hydrogen) atoms. The van der Waals surface area contributed by atoms with Gasteiger partial charge in [0.1, 0.15) is 18.1 Å². The molecule has 0 aliphatic heterocycles. The van der Waals surface area contributed by atoms with E-state index in [4.69, 9.17) is 4.74 Å². The van der Waals surface area contributed by atoms with Crippen molar-refractivity contribution >= 4 is 22.5 Å². The lowest BCUT2D eigenvalue weighted by Crippen LogP contribution is -2.65. The fourth-order valence-corrected chi connectivity index (χ4v) is 12.8. The quantitative estimate of drug-likeness (QED) is 0.206. The van der Waals surface area contributed by atoms with Crippen LogP contribution in [0.2, 0.25) is 0 Å². The number of benzene rings is 2. The molecule has 4 fully saturated rings. The predicted molar refractivity (Wildman–Crippen MR) is 193 cm³/mol. The van der Waals surface area contributed by atoms with Crippen LogP contribution in [-0.2, 0) is 20.9 Å². The summed E-state index contributed by atoms with van der Waals surface area (Å²) < 4.78 is 8.10. The summed E-state index contributed by atoms with van der Waals surface area (Å²) in [5.41, 5.74) is 2.72. The molecule has 6 heteroatoms. The van der Waals surface area contributed by atoms with Crippen LogP contribution in [0.3, 0.4) is 0 Å². The highest BCUT2D eigenvalue weighted by Crippen LogP contribution is 2.75. The van der Waals surface area contributed by atoms with Crippen LogP contribution in [-0.4, -0.2) is 26.7 Å². The lowest BCUT2D eigenvalue weighted by Gasteiger charge is -2.70. The topological polar surface area (TPSA) is 74.1 Å². The Labute approximate surface area is 292 Å². The Balaban J connectivity index is 1.09. The molecule has 0 bridgehead atoms. The molecule has 1 aromatic heterocycles. The Kier molecular flexibility index (Phi) is 7.46. The molecule has 9 atom stereocenters. The minimum absolute atomic E-state index is 0.0242. The third-order valence-corrected chi connectivity index (χ3v) is 16.0. The van der Waals surface area contributed by atoms with E-state index in [2.05, 4.69) is 83.1 Å². The van der Waals surface area contributed by atoms with Gasteiger partial charge in [0.05, 0.1) is 17.3 Å². The van der Waals surface area contributed by atoms with E-state index in [1.165, 1.54) is 0 Å². The number of rotatable bonds is 4. The summed E-state index contributed by atoms with van der Waals surface area (Å²) in [4.78, 5) is 27.7. The molecule has 3 aromatic rings. The monoisotopic (exact) mass is 661 g/mol. The van der Waals surface area contributed by atoms with Gasteiger partial charge in [-0.3, -0.25) is 9.59 Å². The lowest BCUT2D eigenvalue weighted by atomic mass is 9.33. The van der Waals surface area contributed by atoms with Gasteiger partial charge in [-0.25, -0.2) is 4.68 Å². The number of carbonyl (C=O) groups is 2. The largest absolute Gasteiger partial charge is 0.459 e. The Hall–Kier alpha value is -3.28. The number of ether oxygens (including phenoxy) is 1. The van der Waals surface area contributed by atoms with Crippen molar-refractivity contribution in [1.29, 1.82) is 0 Å². The SMILES string of the molecule is C[C@H]1[C@H](C)CC[C@]2(C(=O)OCc3cn(-c4cccc5ccccc45)nn3)CC[C@]3(C)C(=CC[C@@H]4[C@@]5(C)CCC(=O)C(C)(C)[C@@H]5CC[C@]43C)[C@H]12. The highest BCUT2D eigenvalue weighted by Gasteiger charge is 2.69. The summed E-state index contributed by atoms with van der Waals surface area (Å²) in [7, 11) is 0. The van der Waals surface area contributed by atoms with Crippen molar-refractivity contribution in [2.45, 2.75) is 113 Å². The number of ketones is 1. The predicted octanol–water partition coefficient (Wildman–Crippen LogP) is 9.69. The molecule has 6 nitrogen and oxygen atoms in total. The van der Waals surface area contributed by atoms with Crippen LogP contribution in [0.25, 0.3) is 16.5 Å². The normalized spacial score (nSPS) is 39.6. The smallest absolute Gasteiger partial charge is 0.313 e. The average molecular weight is 662 g/mol. The number of Topliss-reactive ketones (excluding diaryl/α,β-unsaturated/α-hetero) is 1. The van der Waals surface area contributed by atoms with E-state index in [9.17, 15) is 9.59 Å².